The van der Waals surface area contributed by atoms with E-state index in [0.29, 0.717) is 0 Å². The largest absolute Gasteiger partial charge is 0.459 e. The Morgan fingerprint density at radius 2 is 1.73 bits per heavy atom. The molecule has 1 rings (SSSR count). The van der Waals surface area contributed by atoms with E-state index in [1.54, 1.807) is 6.08 Å². The van der Waals surface area contributed by atoms with Crippen molar-refractivity contribution in [3.63, 3.8) is 0 Å². The van der Waals surface area contributed by atoms with Gasteiger partial charge >= 0.3 is 11.9 Å². The number of rotatable bonds is 12. The lowest BCUT2D eigenvalue weighted by atomic mass is 9.92. The summed E-state index contributed by atoms with van der Waals surface area (Å²) in [5.41, 5.74) is 2.28. The Bertz CT molecular complexity index is 587. The zero-order valence-corrected chi connectivity index (χ0v) is 15.9. The fourth-order valence-corrected chi connectivity index (χ4v) is 2.60. The summed E-state index contributed by atoms with van der Waals surface area (Å²) in [7, 11) is 0. The topological polar surface area (TPSA) is 52.6 Å². The molecule has 0 aliphatic rings. The van der Waals surface area contributed by atoms with Crippen LogP contribution in [0.1, 0.15) is 50.7 Å². The molecule has 4 heteroatoms. The number of unbranched alkanes of at least 4 members (excludes halogenated alkanes) is 1. The van der Waals surface area contributed by atoms with Gasteiger partial charge in [0.2, 0.25) is 0 Å². The van der Waals surface area contributed by atoms with Crippen LogP contribution in [-0.2, 0) is 25.5 Å². The van der Waals surface area contributed by atoms with E-state index in [-0.39, 0.29) is 13.2 Å². The van der Waals surface area contributed by atoms with E-state index in [9.17, 15) is 9.59 Å². The van der Waals surface area contributed by atoms with E-state index >= 15 is 0 Å². The first-order valence-corrected chi connectivity index (χ1v) is 9.32. The molecule has 0 aliphatic carbocycles. The highest BCUT2D eigenvalue weighted by Crippen LogP contribution is 2.19. The molecule has 0 fully saturated rings. The number of carbonyl (C=O) groups excluding carboxylic acids is 2. The quantitative estimate of drug-likeness (QED) is 0.308. The van der Waals surface area contributed by atoms with E-state index in [0.717, 1.165) is 24.0 Å². The lowest BCUT2D eigenvalue weighted by molar-refractivity contribution is -0.145. The van der Waals surface area contributed by atoms with Crippen LogP contribution >= 0.6 is 0 Å². The van der Waals surface area contributed by atoms with Crippen molar-refractivity contribution in [1.82, 2.24) is 0 Å². The maximum absolute atomic E-state index is 11.6. The minimum atomic E-state index is -0.531. The number of esters is 2. The van der Waals surface area contributed by atoms with Crippen molar-refractivity contribution >= 4 is 18.0 Å². The summed E-state index contributed by atoms with van der Waals surface area (Å²) in [5.74, 6) is -0.257. The SMILES string of the molecule is C=CC(=O)OCCOC(=O)/C=C/c1ccc(CC(CC)CCCC)cc1. The molecule has 1 aromatic carbocycles. The Kier molecular flexibility index (Phi) is 10.8. The summed E-state index contributed by atoms with van der Waals surface area (Å²) in [6, 6.07) is 8.26. The molecule has 0 saturated carbocycles. The fourth-order valence-electron chi connectivity index (χ4n) is 2.60. The minimum absolute atomic E-state index is 0.0236. The Balaban J connectivity index is 2.40. The molecule has 0 N–H and O–H groups in total. The van der Waals surface area contributed by atoms with Gasteiger partial charge in [-0.2, -0.15) is 0 Å². The Morgan fingerprint density at radius 3 is 2.31 bits per heavy atom. The van der Waals surface area contributed by atoms with E-state index in [4.69, 9.17) is 9.47 Å². The van der Waals surface area contributed by atoms with Crippen LogP contribution in [0, 0.1) is 5.92 Å². The molecule has 1 atom stereocenters. The van der Waals surface area contributed by atoms with Crippen molar-refractivity contribution in [3.05, 3.63) is 54.1 Å². The van der Waals surface area contributed by atoms with Gasteiger partial charge in [-0.15, -0.1) is 0 Å². The molecule has 0 radical (unpaired) electrons. The van der Waals surface area contributed by atoms with Gasteiger partial charge in [0.25, 0.3) is 0 Å². The summed E-state index contributed by atoms with van der Waals surface area (Å²) in [6.07, 6.45) is 10.3. The highest BCUT2D eigenvalue weighted by atomic mass is 16.6. The zero-order valence-electron chi connectivity index (χ0n) is 15.9. The summed E-state index contributed by atoms with van der Waals surface area (Å²) < 4.78 is 9.67. The zero-order chi connectivity index (χ0) is 19.2. The smallest absolute Gasteiger partial charge is 0.330 e. The standard InChI is InChI=1S/C22H30O4/c1-4-7-8-18(5-2)17-20-11-9-19(10-12-20)13-14-22(24)26-16-15-25-21(23)6-3/h6,9-14,18H,3-5,7-8,15-17H2,1-2H3/b14-13+. The van der Waals surface area contributed by atoms with E-state index in [2.05, 4.69) is 32.6 Å². The second-order valence-corrected chi connectivity index (χ2v) is 6.23. The predicted molar refractivity (Wildman–Crippen MR) is 105 cm³/mol. The monoisotopic (exact) mass is 358 g/mol. The van der Waals surface area contributed by atoms with Gasteiger partial charge < -0.3 is 9.47 Å². The Labute approximate surface area is 156 Å². The molecule has 0 amide bonds. The van der Waals surface area contributed by atoms with Gasteiger partial charge in [0.1, 0.15) is 13.2 Å². The van der Waals surface area contributed by atoms with Crippen LogP contribution in [0.25, 0.3) is 6.08 Å². The second-order valence-electron chi connectivity index (χ2n) is 6.23. The molecule has 1 unspecified atom stereocenters. The van der Waals surface area contributed by atoms with Crippen LogP contribution in [0.5, 0.6) is 0 Å². The van der Waals surface area contributed by atoms with Crippen molar-refractivity contribution < 1.29 is 19.1 Å². The van der Waals surface area contributed by atoms with Gasteiger partial charge in [0.05, 0.1) is 0 Å². The number of carbonyl (C=O) groups is 2. The summed E-state index contributed by atoms with van der Waals surface area (Å²) in [4.78, 5) is 22.5. The summed E-state index contributed by atoms with van der Waals surface area (Å²) >= 11 is 0. The molecular formula is C22H30O4. The average Bonchev–Trinajstić information content (AvgIpc) is 2.67. The highest BCUT2D eigenvalue weighted by Gasteiger charge is 2.07. The van der Waals surface area contributed by atoms with Crippen LogP contribution in [0.4, 0.5) is 0 Å². The normalized spacial score (nSPS) is 11.9. The van der Waals surface area contributed by atoms with Crippen LogP contribution in [0.3, 0.4) is 0 Å². The number of hydrogen-bond acceptors (Lipinski definition) is 4. The van der Waals surface area contributed by atoms with Gasteiger partial charge in [-0.1, -0.05) is 70.4 Å². The predicted octanol–water partition coefficient (Wildman–Crippen LogP) is 4.73. The molecular weight excluding hydrogens is 328 g/mol. The second kappa shape index (κ2) is 12.9. The number of ether oxygens (including phenoxy) is 2. The van der Waals surface area contributed by atoms with E-state index in [1.165, 1.54) is 37.3 Å². The molecule has 1 aromatic rings. The molecule has 4 nitrogen and oxygen atoms in total. The third-order valence-electron chi connectivity index (χ3n) is 4.20. The van der Waals surface area contributed by atoms with Crippen LogP contribution in [-0.4, -0.2) is 25.2 Å². The first kappa shape index (κ1) is 21.7. The molecule has 0 aromatic heterocycles. The molecule has 142 valence electrons. The first-order chi connectivity index (χ1) is 12.6. The molecule has 0 aliphatic heterocycles. The van der Waals surface area contributed by atoms with Gasteiger partial charge in [-0.25, -0.2) is 9.59 Å². The fraction of sp³-hybridized carbons (Fsp3) is 0.455. The number of hydrogen-bond donors (Lipinski definition) is 0. The van der Waals surface area contributed by atoms with Crippen molar-refractivity contribution in [2.45, 2.75) is 46.0 Å². The Hall–Kier alpha value is -2.36. The van der Waals surface area contributed by atoms with Crippen LogP contribution in [0.2, 0.25) is 0 Å². The van der Waals surface area contributed by atoms with Crippen molar-refractivity contribution in [1.29, 1.82) is 0 Å². The molecule has 0 heterocycles. The van der Waals surface area contributed by atoms with Gasteiger partial charge in [-0.05, 0) is 29.5 Å². The van der Waals surface area contributed by atoms with E-state index in [1.807, 2.05) is 12.1 Å². The minimum Gasteiger partial charge on any atom is -0.459 e. The Morgan fingerprint density at radius 1 is 1.08 bits per heavy atom. The third-order valence-corrected chi connectivity index (χ3v) is 4.20. The number of benzene rings is 1. The average molecular weight is 358 g/mol. The lowest BCUT2D eigenvalue weighted by Gasteiger charge is -2.14. The first-order valence-electron chi connectivity index (χ1n) is 9.32. The van der Waals surface area contributed by atoms with Gasteiger partial charge in [-0.3, -0.25) is 0 Å². The third kappa shape index (κ3) is 9.21. The van der Waals surface area contributed by atoms with E-state index < -0.39 is 11.9 Å². The molecule has 0 spiro atoms. The summed E-state index contributed by atoms with van der Waals surface area (Å²) in [5, 5.41) is 0. The van der Waals surface area contributed by atoms with Gasteiger partial charge in [0.15, 0.2) is 0 Å². The highest BCUT2D eigenvalue weighted by molar-refractivity contribution is 5.87. The lowest BCUT2D eigenvalue weighted by Crippen LogP contribution is -2.11. The van der Waals surface area contributed by atoms with Crippen LogP contribution in [0.15, 0.2) is 43.0 Å². The van der Waals surface area contributed by atoms with Crippen molar-refractivity contribution in [3.8, 4) is 0 Å². The molecule has 26 heavy (non-hydrogen) atoms. The molecule has 0 bridgehead atoms. The summed E-state index contributed by atoms with van der Waals surface area (Å²) in [6.45, 7) is 7.81. The van der Waals surface area contributed by atoms with Crippen molar-refractivity contribution in [2.75, 3.05) is 13.2 Å². The maximum Gasteiger partial charge on any atom is 0.330 e. The van der Waals surface area contributed by atoms with Crippen LogP contribution < -0.4 is 0 Å². The van der Waals surface area contributed by atoms with Gasteiger partial charge in [0, 0.05) is 12.2 Å². The molecule has 0 saturated heterocycles. The van der Waals surface area contributed by atoms with Crippen molar-refractivity contribution in [2.24, 2.45) is 5.92 Å². The maximum atomic E-state index is 11.6.